The molecule has 0 aliphatic carbocycles. The largest absolute Gasteiger partial charge is 0.368 e. The molecule has 2 aromatic heterocycles. The summed E-state index contributed by atoms with van der Waals surface area (Å²) >= 11 is 2.86. The summed E-state index contributed by atoms with van der Waals surface area (Å²) in [4.78, 5) is 43.7. The number of benzene rings is 2. The normalized spacial score (nSPS) is 18.1. The Morgan fingerprint density at radius 2 is 1.88 bits per heavy atom. The summed E-state index contributed by atoms with van der Waals surface area (Å²) in [6.07, 6.45) is -0.0356. The van der Waals surface area contributed by atoms with E-state index < -0.39 is 10.8 Å². The van der Waals surface area contributed by atoms with Crippen LogP contribution in [0.5, 0.6) is 0 Å². The number of aromatic nitrogens is 1. The Balaban J connectivity index is 1.58. The highest BCUT2D eigenvalue weighted by molar-refractivity contribution is 8.00. The molecule has 0 saturated heterocycles. The molecule has 7 nitrogen and oxygen atoms in total. The molecule has 166 valence electrons. The van der Waals surface area contributed by atoms with Gasteiger partial charge < -0.3 is 20.9 Å². The Morgan fingerprint density at radius 1 is 1.09 bits per heavy atom. The number of thiophene rings is 1. The zero-order valence-electron chi connectivity index (χ0n) is 17.4. The number of aromatic amines is 1. The lowest BCUT2D eigenvalue weighted by Crippen LogP contribution is -2.47. The second-order valence-electron chi connectivity index (χ2n) is 7.72. The van der Waals surface area contributed by atoms with Crippen LogP contribution in [0.2, 0.25) is 0 Å². The van der Waals surface area contributed by atoms with Gasteiger partial charge in [-0.2, -0.15) is 0 Å². The first-order chi connectivity index (χ1) is 15.9. The molecule has 0 fully saturated rings. The van der Waals surface area contributed by atoms with Gasteiger partial charge in [-0.1, -0.05) is 48.2 Å². The van der Waals surface area contributed by atoms with Crippen molar-refractivity contribution >= 4 is 57.4 Å². The quantitative estimate of drug-likeness (QED) is 0.407. The van der Waals surface area contributed by atoms with Gasteiger partial charge in [0.1, 0.15) is 17.1 Å². The number of fused-ring (bicyclic) bond motifs is 2. The van der Waals surface area contributed by atoms with Crippen LogP contribution in [0, 0.1) is 0 Å². The highest BCUT2D eigenvalue weighted by Gasteiger charge is 2.44. The SMILES string of the molecule is NC(=O)CN1C(=O)CC(NC(=O)c2cc3ccccc3[nH]2)(c2cccs2)Sc2ccccc21. The highest BCUT2D eigenvalue weighted by atomic mass is 32.2. The smallest absolute Gasteiger partial charge is 0.269 e. The summed E-state index contributed by atoms with van der Waals surface area (Å²) in [5.74, 6) is -1.22. The molecule has 2 aromatic carbocycles. The van der Waals surface area contributed by atoms with Crippen LogP contribution < -0.4 is 16.0 Å². The fourth-order valence-electron chi connectivity index (χ4n) is 3.99. The number of hydrogen-bond acceptors (Lipinski definition) is 5. The van der Waals surface area contributed by atoms with Crippen molar-refractivity contribution in [3.8, 4) is 0 Å². The molecule has 0 saturated carbocycles. The molecule has 1 unspecified atom stereocenters. The Kier molecular flexibility index (Phi) is 5.43. The number of H-pyrrole nitrogens is 1. The van der Waals surface area contributed by atoms with Crippen LogP contribution in [0.25, 0.3) is 10.9 Å². The first-order valence-corrected chi connectivity index (χ1v) is 12.0. The molecule has 33 heavy (non-hydrogen) atoms. The van der Waals surface area contributed by atoms with Gasteiger partial charge in [0.2, 0.25) is 11.8 Å². The number of primary amides is 1. The van der Waals surface area contributed by atoms with Gasteiger partial charge in [-0.3, -0.25) is 14.4 Å². The lowest BCUT2D eigenvalue weighted by Gasteiger charge is -2.31. The van der Waals surface area contributed by atoms with E-state index in [4.69, 9.17) is 5.73 Å². The molecule has 0 spiro atoms. The lowest BCUT2D eigenvalue weighted by atomic mass is 10.1. The number of amides is 3. The van der Waals surface area contributed by atoms with Crippen molar-refractivity contribution in [3.63, 3.8) is 0 Å². The van der Waals surface area contributed by atoms with Gasteiger partial charge in [0.05, 0.1) is 12.1 Å². The Bertz CT molecular complexity index is 1330. The standard InChI is InChI=1S/C24H20N4O3S2/c25-21(29)14-28-18-8-3-4-9-19(18)33-24(13-22(28)30,20-10-5-11-32-20)27-23(31)17-12-15-6-1-2-7-16(15)26-17/h1-12,26H,13-14H2,(H2,25,29)(H,27,31). The molecule has 1 aliphatic heterocycles. The third-order valence-corrected chi connectivity index (χ3v) is 8.01. The average molecular weight is 477 g/mol. The third-order valence-electron chi connectivity index (χ3n) is 5.46. The van der Waals surface area contributed by atoms with E-state index in [1.807, 2.05) is 60.0 Å². The maximum Gasteiger partial charge on any atom is 0.269 e. The second kappa shape index (κ2) is 8.42. The van der Waals surface area contributed by atoms with Crippen LogP contribution in [0.15, 0.2) is 77.0 Å². The monoisotopic (exact) mass is 476 g/mol. The van der Waals surface area contributed by atoms with Crippen molar-refractivity contribution in [2.45, 2.75) is 16.2 Å². The summed E-state index contributed by atoms with van der Waals surface area (Å²) in [6, 6.07) is 20.6. The molecule has 0 radical (unpaired) electrons. The van der Waals surface area contributed by atoms with Crippen molar-refractivity contribution in [2.75, 3.05) is 11.4 Å². The number of para-hydroxylation sites is 2. The fraction of sp³-hybridized carbons (Fsp3) is 0.125. The maximum atomic E-state index is 13.4. The first-order valence-electron chi connectivity index (χ1n) is 10.3. The fourth-order valence-corrected chi connectivity index (χ4v) is 6.34. The van der Waals surface area contributed by atoms with Crippen molar-refractivity contribution in [3.05, 3.63) is 82.7 Å². The van der Waals surface area contributed by atoms with Crippen LogP contribution in [0.1, 0.15) is 21.8 Å². The molecule has 1 aliphatic rings. The molecule has 4 N–H and O–H groups in total. The molecular formula is C24H20N4O3S2. The summed E-state index contributed by atoms with van der Waals surface area (Å²) in [5.41, 5.74) is 7.31. The predicted molar refractivity (Wildman–Crippen MR) is 130 cm³/mol. The van der Waals surface area contributed by atoms with Gasteiger partial charge in [0.25, 0.3) is 5.91 Å². The number of hydrogen-bond donors (Lipinski definition) is 3. The molecule has 3 heterocycles. The van der Waals surface area contributed by atoms with Crippen molar-refractivity contribution in [1.29, 1.82) is 0 Å². The molecule has 4 aromatic rings. The summed E-state index contributed by atoms with van der Waals surface area (Å²) in [7, 11) is 0. The average Bonchev–Trinajstić information content (AvgIpc) is 3.46. The van der Waals surface area contributed by atoms with Gasteiger partial charge in [-0.05, 0) is 35.7 Å². The van der Waals surface area contributed by atoms with E-state index in [1.165, 1.54) is 28.0 Å². The van der Waals surface area contributed by atoms with Crippen molar-refractivity contribution < 1.29 is 14.4 Å². The topological polar surface area (TPSA) is 108 Å². The van der Waals surface area contributed by atoms with Gasteiger partial charge in [0.15, 0.2) is 0 Å². The number of anilines is 1. The van der Waals surface area contributed by atoms with Crippen LogP contribution in [0.3, 0.4) is 0 Å². The van der Waals surface area contributed by atoms with E-state index in [0.29, 0.717) is 11.4 Å². The minimum atomic E-state index is -1.05. The van der Waals surface area contributed by atoms with Crippen LogP contribution in [0.4, 0.5) is 5.69 Å². The number of carbonyl (C=O) groups is 3. The van der Waals surface area contributed by atoms with E-state index in [2.05, 4.69) is 10.3 Å². The third kappa shape index (κ3) is 4.01. The molecular weight excluding hydrogens is 456 g/mol. The van der Waals surface area contributed by atoms with E-state index in [1.54, 1.807) is 12.1 Å². The molecule has 3 amide bonds. The van der Waals surface area contributed by atoms with Gasteiger partial charge >= 0.3 is 0 Å². The number of thioether (sulfide) groups is 1. The number of rotatable bonds is 5. The zero-order chi connectivity index (χ0) is 23.0. The Morgan fingerprint density at radius 3 is 2.64 bits per heavy atom. The number of nitrogens with zero attached hydrogens (tertiary/aromatic N) is 1. The van der Waals surface area contributed by atoms with E-state index in [9.17, 15) is 14.4 Å². The zero-order valence-corrected chi connectivity index (χ0v) is 19.0. The summed E-state index contributed by atoms with van der Waals surface area (Å²) < 4.78 is 0. The second-order valence-corrected chi connectivity index (χ2v) is 10.0. The Labute approximate surface area is 198 Å². The predicted octanol–water partition coefficient (Wildman–Crippen LogP) is 3.83. The van der Waals surface area contributed by atoms with Crippen molar-refractivity contribution in [2.24, 2.45) is 5.73 Å². The van der Waals surface area contributed by atoms with Crippen molar-refractivity contribution in [1.82, 2.24) is 10.3 Å². The molecule has 9 heteroatoms. The molecule has 5 rings (SSSR count). The van der Waals surface area contributed by atoms with Crippen LogP contribution >= 0.6 is 23.1 Å². The van der Waals surface area contributed by atoms with Crippen LogP contribution in [-0.2, 0) is 14.5 Å². The number of nitrogens with two attached hydrogens (primary N) is 1. The van der Waals surface area contributed by atoms with E-state index in [0.717, 1.165) is 20.7 Å². The number of carbonyl (C=O) groups excluding carboxylic acids is 3. The van der Waals surface area contributed by atoms with E-state index >= 15 is 0 Å². The Hall–Kier alpha value is -3.56. The van der Waals surface area contributed by atoms with E-state index in [-0.39, 0.29) is 24.8 Å². The summed E-state index contributed by atoms with van der Waals surface area (Å²) in [5, 5.41) is 5.97. The lowest BCUT2D eigenvalue weighted by molar-refractivity contribution is -0.122. The summed E-state index contributed by atoms with van der Waals surface area (Å²) in [6.45, 7) is -0.229. The maximum absolute atomic E-state index is 13.4. The van der Waals surface area contributed by atoms with Gasteiger partial charge in [-0.25, -0.2) is 0 Å². The number of nitrogens with one attached hydrogen (secondary N) is 2. The first kappa shape index (κ1) is 21.3. The minimum absolute atomic E-state index is 0.0356. The van der Waals surface area contributed by atoms with Gasteiger partial charge in [-0.15, -0.1) is 11.3 Å². The minimum Gasteiger partial charge on any atom is -0.368 e. The highest BCUT2D eigenvalue weighted by Crippen LogP contribution is 2.49. The van der Waals surface area contributed by atoms with Gasteiger partial charge in [0, 0.05) is 20.7 Å². The van der Waals surface area contributed by atoms with Crippen LogP contribution in [-0.4, -0.2) is 29.3 Å². The molecule has 0 bridgehead atoms. The molecule has 1 atom stereocenters.